The van der Waals surface area contributed by atoms with Crippen LogP contribution in [-0.4, -0.2) is 29.6 Å². The second kappa shape index (κ2) is 4.94. The van der Waals surface area contributed by atoms with Gasteiger partial charge in [-0.2, -0.15) is 0 Å². The molecule has 1 saturated heterocycles. The van der Waals surface area contributed by atoms with E-state index in [9.17, 15) is 13.9 Å². The van der Waals surface area contributed by atoms with Gasteiger partial charge < -0.3 is 10.0 Å². The van der Waals surface area contributed by atoms with Crippen LogP contribution in [-0.2, 0) is 5.60 Å². The van der Waals surface area contributed by atoms with Crippen molar-refractivity contribution in [1.82, 2.24) is 4.90 Å². The van der Waals surface area contributed by atoms with Gasteiger partial charge in [-0.05, 0) is 31.9 Å². The molecule has 0 saturated carbocycles. The molecule has 1 aromatic carbocycles. The first-order valence-electron chi connectivity index (χ1n) is 6.38. The van der Waals surface area contributed by atoms with Crippen molar-refractivity contribution in [1.29, 1.82) is 0 Å². The van der Waals surface area contributed by atoms with E-state index in [0.717, 1.165) is 6.54 Å². The summed E-state index contributed by atoms with van der Waals surface area (Å²) in [5.41, 5.74) is -0.864. The van der Waals surface area contributed by atoms with E-state index in [1.807, 2.05) is 0 Å². The van der Waals surface area contributed by atoms with Crippen molar-refractivity contribution in [3.8, 4) is 0 Å². The Morgan fingerprint density at radius 3 is 2.39 bits per heavy atom. The molecule has 1 N–H and O–H groups in total. The number of piperidine rings is 1. The van der Waals surface area contributed by atoms with Gasteiger partial charge in [-0.1, -0.05) is 19.1 Å². The second-order valence-electron chi connectivity index (χ2n) is 5.02. The summed E-state index contributed by atoms with van der Waals surface area (Å²) in [6, 6.07) is 3.03. The molecule has 0 bridgehead atoms. The summed E-state index contributed by atoms with van der Waals surface area (Å²) < 4.78 is 27.5. The minimum absolute atomic E-state index is 0.0985. The summed E-state index contributed by atoms with van der Waals surface area (Å²) >= 11 is 0. The maximum absolute atomic E-state index is 13.9. The minimum atomic E-state index is -1.23. The van der Waals surface area contributed by atoms with Crippen LogP contribution < -0.4 is 0 Å². The maximum Gasteiger partial charge on any atom is 0.165 e. The first kappa shape index (κ1) is 13.4. The van der Waals surface area contributed by atoms with Crippen LogP contribution in [0.2, 0.25) is 0 Å². The topological polar surface area (TPSA) is 23.5 Å². The van der Waals surface area contributed by atoms with E-state index in [0.29, 0.717) is 25.9 Å². The Balaban J connectivity index is 2.29. The van der Waals surface area contributed by atoms with E-state index in [1.54, 1.807) is 0 Å². The molecule has 0 unspecified atom stereocenters. The molecular formula is C14H19F2NO. The maximum atomic E-state index is 13.9. The van der Waals surface area contributed by atoms with E-state index < -0.39 is 17.2 Å². The molecular weight excluding hydrogens is 236 g/mol. The molecule has 1 aliphatic rings. The van der Waals surface area contributed by atoms with Crippen molar-refractivity contribution in [2.24, 2.45) is 0 Å². The molecule has 18 heavy (non-hydrogen) atoms. The van der Waals surface area contributed by atoms with Crippen molar-refractivity contribution < 1.29 is 13.9 Å². The smallest absolute Gasteiger partial charge is 0.165 e. The highest BCUT2D eigenvalue weighted by molar-refractivity contribution is 5.30. The number of likely N-dealkylation sites (tertiary alicyclic amines) is 1. The van der Waals surface area contributed by atoms with Crippen LogP contribution in [0.5, 0.6) is 0 Å². The quantitative estimate of drug-likeness (QED) is 0.878. The normalized spacial score (nSPS) is 20.1. The van der Waals surface area contributed by atoms with E-state index in [1.165, 1.54) is 19.1 Å². The molecule has 0 aromatic heterocycles. The van der Waals surface area contributed by atoms with Crippen molar-refractivity contribution in [3.05, 3.63) is 34.9 Å². The molecule has 0 spiro atoms. The summed E-state index contributed by atoms with van der Waals surface area (Å²) in [6.45, 7) is 5.91. The molecule has 0 atom stereocenters. The van der Waals surface area contributed by atoms with Gasteiger partial charge in [-0.15, -0.1) is 0 Å². The average Bonchev–Trinajstić information content (AvgIpc) is 2.37. The molecule has 1 aliphatic heterocycles. The van der Waals surface area contributed by atoms with E-state index in [-0.39, 0.29) is 11.1 Å². The third-order valence-corrected chi connectivity index (χ3v) is 3.91. The summed E-state index contributed by atoms with van der Waals surface area (Å²) in [6.07, 6.45) is 0.889. The molecule has 1 heterocycles. The number of rotatable bonds is 2. The van der Waals surface area contributed by atoms with Crippen molar-refractivity contribution >= 4 is 0 Å². The van der Waals surface area contributed by atoms with Gasteiger partial charge in [0.2, 0.25) is 0 Å². The molecule has 2 nitrogen and oxygen atoms in total. The number of aryl methyl sites for hydroxylation is 1. The van der Waals surface area contributed by atoms with Crippen LogP contribution in [0.4, 0.5) is 8.78 Å². The number of hydrogen-bond acceptors (Lipinski definition) is 2. The molecule has 4 heteroatoms. The lowest BCUT2D eigenvalue weighted by molar-refractivity contribution is -0.0277. The summed E-state index contributed by atoms with van der Waals surface area (Å²) in [5.74, 6) is -1.75. The fourth-order valence-electron chi connectivity index (χ4n) is 2.51. The van der Waals surface area contributed by atoms with Crippen LogP contribution in [0, 0.1) is 18.6 Å². The zero-order valence-corrected chi connectivity index (χ0v) is 10.8. The Kier molecular flexibility index (Phi) is 3.69. The molecule has 1 aromatic rings. The third-order valence-electron chi connectivity index (χ3n) is 3.91. The zero-order chi connectivity index (χ0) is 13.3. The van der Waals surface area contributed by atoms with Crippen molar-refractivity contribution in [2.45, 2.75) is 32.3 Å². The predicted molar refractivity (Wildman–Crippen MR) is 66.3 cm³/mol. The largest absolute Gasteiger partial charge is 0.385 e. The Bertz CT molecular complexity index is 440. The van der Waals surface area contributed by atoms with Gasteiger partial charge in [-0.3, -0.25) is 0 Å². The molecule has 1 fully saturated rings. The molecule has 100 valence electrons. The van der Waals surface area contributed by atoms with Gasteiger partial charge in [0.05, 0.1) is 5.60 Å². The van der Waals surface area contributed by atoms with Crippen molar-refractivity contribution in [3.63, 3.8) is 0 Å². The molecule has 0 aliphatic carbocycles. The Morgan fingerprint density at radius 2 is 1.83 bits per heavy atom. The highest BCUT2D eigenvalue weighted by atomic mass is 19.2. The number of benzene rings is 1. The Hall–Kier alpha value is -1.00. The number of nitrogens with zero attached hydrogens (tertiary/aromatic N) is 1. The number of aliphatic hydroxyl groups is 1. The van der Waals surface area contributed by atoms with Crippen LogP contribution in [0.15, 0.2) is 12.1 Å². The monoisotopic (exact) mass is 255 g/mol. The van der Waals surface area contributed by atoms with E-state index >= 15 is 0 Å². The zero-order valence-electron chi connectivity index (χ0n) is 10.8. The van der Waals surface area contributed by atoms with Gasteiger partial charge >= 0.3 is 0 Å². The van der Waals surface area contributed by atoms with Gasteiger partial charge in [0.15, 0.2) is 11.6 Å². The predicted octanol–water partition coefficient (Wildman–Crippen LogP) is 2.58. The fraction of sp³-hybridized carbons (Fsp3) is 0.571. The first-order chi connectivity index (χ1) is 8.48. The van der Waals surface area contributed by atoms with Gasteiger partial charge in [0, 0.05) is 18.7 Å². The van der Waals surface area contributed by atoms with Crippen LogP contribution >= 0.6 is 0 Å². The van der Waals surface area contributed by atoms with Crippen LogP contribution in [0.1, 0.15) is 30.9 Å². The fourth-order valence-corrected chi connectivity index (χ4v) is 2.51. The van der Waals surface area contributed by atoms with E-state index in [4.69, 9.17) is 0 Å². The number of halogens is 2. The Morgan fingerprint density at radius 1 is 1.22 bits per heavy atom. The Labute approximate surface area is 106 Å². The minimum Gasteiger partial charge on any atom is -0.385 e. The van der Waals surface area contributed by atoms with Crippen molar-refractivity contribution in [2.75, 3.05) is 19.6 Å². The third kappa shape index (κ3) is 2.27. The second-order valence-corrected chi connectivity index (χ2v) is 5.02. The lowest BCUT2D eigenvalue weighted by atomic mass is 9.83. The molecule has 0 amide bonds. The van der Waals surface area contributed by atoms with Crippen LogP contribution in [0.3, 0.4) is 0 Å². The first-order valence-corrected chi connectivity index (χ1v) is 6.38. The highest BCUT2D eigenvalue weighted by Crippen LogP contribution is 2.35. The molecule has 0 radical (unpaired) electrons. The van der Waals surface area contributed by atoms with Gasteiger partial charge in [-0.25, -0.2) is 8.78 Å². The lowest BCUT2D eigenvalue weighted by Gasteiger charge is -2.38. The van der Waals surface area contributed by atoms with E-state index in [2.05, 4.69) is 11.8 Å². The summed E-state index contributed by atoms with van der Waals surface area (Å²) in [7, 11) is 0. The van der Waals surface area contributed by atoms with Crippen LogP contribution in [0.25, 0.3) is 0 Å². The lowest BCUT2D eigenvalue weighted by Crippen LogP contribution is -2.43. The van der Waals surface area contributed by atoms with Gasteiger partial charge in [0.25, 0.3) is 0 Å². The standard InChI is InChI=1S/C14H19F2NO/c1-3-17-8-6-14(18,7-9-17)11-5-4-10(2)12(15)13(11)16/h4-5,18H,3,6-9H2,1-2H3. The summed E-state index contributed by atoms with van der Waals surface area (Å²) in [5, 5.41) is 10.5. The number of hydrogen-bond donors (Lipinski definition) is 1. The SMILES string of the molecule is CCN1CCC(O)(c2ccc(C)c(F)c2F)CC1. The average molecular weight is 255 g/mol. The summed E-state index contributed by atoms with van der Waals surface area (Å²) in [4.78, 5) is 2.19. The van der Waals surface area contributed by atoms with Gasteiger partial charge in [0.1, 0.15) is 0 Å². The highest BCUT2D eigenvalue weighted by Gasteiger charge is 2.36. The molecule has 2 rings (SSSR count).